The molecule has 0 atom stereocenters. The first-order valence-corrected chi connectivity index (χ1v) is 11.5. The van der Waals surface area contributed by atoms with E-state index in [4.69, 9.17) is 9.51 Å². The van der Waals surface area contributed by atoms with Crippen molar-refractivity contribution in [2.45, 2.75) is 59.7 Å². The summed E-state index contributed by atoms with van der Waals surface area (Å²) in [4.78, 5) is 21.5. The van der Waals surface area contributed by atoms with Gasteiger partial charge in [0.2, 0.25) is 0 Å². The first kappa shape index (κ1) is 23.6. The molecule has 0 amide bonds. The highest BCUT2D eigenvalue weighted by Gasteiger charge is 2.16. The number of hydrogen-bond donors (Lipinski definition) is 1. The van der Waals surface area contributed by atoms with Crippen LogP contribution in [0.4, 0.5) is 0 Å². The number of aromatic nitrogens is 4. The lowest BCUT2D eigenvalue weighted by Crippen LogP contribution is -2.35. The third-order valence-electron chi connectivity index (χ3n) is 5.53. The lowest BCUT2D eigenvalue weighted by atomic mass is 10.1. The zero-order valence-corrected chi connectivity index (χ0v) is 20.6. The summed E-state index contributed by atoms with van der Waals surface area (Å²) in [5.74, 6) is 0.553. The smallest absolute Gasteiger partial charge is 0.250 e. The summed E-state index contributed by atoms with van der Waals surface area (Å²) < 4.78 is 7.37. The molecule has 7 nitrogen and oxygen atoms in total. The molecule has 0 fully saturated rings. The third-order valence-corrected chi connectivity index (χ3v) is 5.53. The van der Waals surface area contributed by atoms with Gasteiger partial charge in [-0.05, 0) is 59.2 Å². The van der Waals surface area contributed by atoms with E-state index >= 15 is 0 Å². The van der Waals surface area contributed by atoms with Gasteiger partial charge in [0.25, 0.3) is 5.56 Å². The summed E-state index contributed by atoms with van der Waals surface area (Å²) in [6.07, 6.45) is 3.53. The van der Waals surface area contributed by atoms with Crippen LogP contribution in [0.15, 0.2) is 64.2 Å². The molecule has 4 aromatic rings. The molecule has 0 spiro atoms. The zero-order chi connectivity index (χ0) is 24.5. The molecule has 0 saturated heterocycles. The molecule has 0 aliphatic carbocycles. The fraction of sp³-hybridized carbons (Fsp3) is 0.333. The second-order valence-electron chi connectivity index (χ2n) is 9.83. The molecule has 176 valence electrons. The Labute approximate surface area is 199 Å². The maximum atomic E-state index is 12.1. The standard InChI is InChI=1S/C27H31N5O2/c1-17(2)32-16-21(10-11-25(32)33)23-15-28-18(3)26(30-23)24-13-22(31-34-24)20-9-7-8-19(12-20)14-29-27(4,5)6/h7-13,15-17,29H,14H2,1-6H3. The van der Waals surface area contributed by atoms with Crippen LogP contribution in [0.3, 0.4) is 0 Å². The van der Waals surface area contributed by atoms with Crippen molar-refractivity contribution in [3.63, 3.8) is 0 Å². The Morgan fingerprint density at radius 2 is 1.85 bits per heavy atom. The van der Waals surface area contributed by atoms with Crippen LogP contribution in [-0.4, -0.2) is 25.2 Å². The average Bonchev–Trinajstić information content (AvgIpc) is 3.28. The quantitative estimate of drug-likeness (QED) is 0.417. The minimum atomic E-state index is -0.0427. The lowest BCUT2D eigenvalue weighted by molar-refractivity contribution is 0.424. The van der Waals surface area contributed by atoms with Gasteiger partial charge < -0.3 is 14.4 Å². The Kier molecular flexibility index (Phi) is 6.48. The average molecular weight is 458 g/mol. The van der Waals surface area contributed by atoms with E-state index < -0.39 is 0 Å². The van der Waals surface area contributed by atoms with Crippen molar-refractivity contribution >= 4 is 0 Å². The van der Waals surface area contributed by atoms with Gasteiger partial charge in [0.15, 0.2) is 5.76 Å². The molecule has 1 aromatic carbocycles. The van der Waals surface area contributed by atoms with Crippen molar-refractivity contribution in [2.75, 3.05) is 0 Å². The molecule has 3 aromatic heterocycles. The van der Waals surface area contributed by atoms with E-state index in [-0.39, 0.29) is 17.1 Å². The fourth-order valence-corrected chi connectivity index (χ4v) is 3.61. The van der Waals surface area contributed by atoms with Crippen molar-refractivity contribution in [1.82, 2.24) is 25.0 Å². The summed E-state index contributed by atoms with van der Waals surface area (Å²) in [6, 6.07) is 13.5. The number of aryl methyl sites for hydroxylation is 1. The van der Waals surface area contributed by atoms with Crippen LogP contribution in [0.25, 0.3) is 34.0 Å². The molecular formula is C27H31N5O2. The normalized spacial score (nSPS) is 11.9. The summed E-state index contributed by atoms with van der Waals surface area (Å²) in [5.41, 5.74) is 5.76. The van der Waals surface area contributed by atoms with Crippen LogP contribution in [-0.2, 0) is 6.54 Å². The summed E-state index contributed by atoms with van der Waals surface area (Å²) in [6.45, 7) is 13.1. The molecule has 0 aliphatic heterocycles. The largest absolute Gasteiger partial charge is 0.354 e. The van der Waals surface area contributed by atoms with Crippen LogP contribution in [0.5, 0.6) is 0 Å². The third kappa shape index (κ3) is 5.31. The van der Waals surface area contributed by atoms with Gasteiger partial charge in [-0.2, -0.15) is 0 Å². The van der Waals surface area contributed by atoms with Crippen molar-refractivity contribution in [2.24, 2.45) is 0 Å². The number of hydrogen-bond acceptors (Lipinski definition) is 6. The van der Waals surface area contributed by atoms with Gasteiger partial charge in [0, 0.05) is 47.6 Å². The Balaban J connectivity index is 1.65. The van der Waals surface area contributed by atoms with E-state index in [0.29, 0.717) is 17.1 Å². The number of nitrogens with zero attached hydrogens (tertiary/aromatic N) is 4. The van der Waals surface area contributed by atoms with E-state index in [2.05, 4.69) is 48.4 Å². The predicted octanol–water partition coefficient (Wildman–Crippen LogP) is 5.40. The highest BCUT2D eigenvalue weighted by atomic mass is 16.5. The second kappa shape index (κ2) is 9.35. The van der Waals surface area contributed by atoms with Crippen molar-refractivity contribution < 1.29 is 4.52 Å². The Morgan fingerprint density at radius 1 is 1.06 bits per heavy atom. The SMILES string of the molecule is Cc1ncc(-c2ccc(=O)n(C(C)C)c2)nc1-c1cc(-c2cccc(CNC(C)(C)C)c2)no1. The molecule has 4 rings (SSSR count). The van der Waals surface area contributed by atoms with Crippen LogP contribution in [0.1, 0.15) is 51.9 Å². The second-order valence-corrected chi connectivity index (χ2v) is 9.83. The minimum Gasteiger partial charge on any atom is -0.354 e. The monoisotopic (exact) mass is 457 g/mol. The molecule has 0 saturated carbocycles. The molecule has 0 unspecified atom stereocenters. The summed E-state index contributed by atoms with van der Waals surface area (Å²) in [5, 5.41) is 7.80. The van der Waals surface area contributed by atoms with Gasteiger partial charge >= 0.3 is 0 Å². The van der Waals surface area contributed by atoms with Crippen molar-refractivity contribution in [1.29, 1.82) is 0 Å². The topological polar surface area (TPSA) is 85.8 Å². The van der Waals surface area contributed by atoms with E-state index in [0.717, 1.165) is 29.1 Å². The van der Waals surface area contributed by atoms with Crippen molar-refractivity contribution in [3.8, 4) is 34.0 Å². The van der Waals surface area contributed by atoms with Gasteiger partial charge in [0.05, 0.1) is 17.6 Å². The molecular weight excluding hydrogens is 426 g/mol. The van der Waals surface area contributed by atoms with E-state index in [1.165, 1.54) is 5.56 Å². The van der Waals surface area contributed by atoms with E-state index in [1.807, 2.05) is 45.2 Å². The van der Waals surface area contributed by atoms with Crippen LogP contribution in [0, 0.1) is 6.92 Å². The Bertz CT molecular complexity index is 1360. The van der Waals surface area contributed by atoms with Crippen LogP contribution in [0.2, 0.25) is 0 Å². The van der Waals surface area contributed by atoms with Gasteiger partial charge in [0.1, 0.15) is 11.4 Å². The maximum absolute atomic E-state index is 12.1. The van der Waals surface area contributed by atoms with E-state index in [1.54, 1.807) is 22.9 Å². The fourth-order valence-electron chi connectivity index (χ4n) is 3.61. The highest BCUT2D eigenvalue weighted by Crippen LogP contribution is 2.28. The van der Waals surface area contributed by atoms with Crippen molar-refractivity contribution in [3.05, 3.63) is 76.5 Å². The van der Waals surface area contributed by atoms with Gasteiger partial charge in [-0.15, -0.1) is 0 Å². The first-order valence-electron chi connectivity index (χ1n) is 11.5. The van der Waals surface area contributed by atoms with Crippen LogP contribution < -0.4 is 10.9 Å². The minimum absolute atomic E-state index is 0.0424. The molecule has 1 N–H and O–H groups in total. The Hall–Kier alpha value is -3.58. The number of rotatable bonds is 6. The number of pyridine rings is 1. The van der Waals surface area contributed by atoms with E-state index in [9.17, 15) is 4.79 Å². The predicted molar refractivity (Wildman–Crippen MR) is 134 cm³/mol. The highest BCUT2D eigenvalue weighted by molar-refractivity contribution is 5.68. The summed E-state index contributed by atoms with van der Waals surface area (Å²) >= 11 is 0. The molecule has 0 bridgehead atoms. The molecule has 7 heteroatoms. The number of benzene rings is 1. The number of nitrogens with one attached hydrogen (secondary N) is 1. The molecule has 0 aliphatic rings. The molecule has 3 heterocycles. The van der Waals surface area contributed by atoms with Gasteiger partial charge in [-0.3, -0.25) is 9.78 Å². The van der Waals surface area contributed by atoms with Crippen LogP contribution >= 0.6 is 0 Å². The van der Waals surface area contributed by atoms with Gasteiger partial charge in [-0.1, -0.05) is 23.4 Å². The summed E-state index contributed by atoms with van der Waals surface area (Å²) in [7, 11) is 0. The zero-order valence-electron chi connectivity index (χ0n) is 20.6. The maximum Gasteiger partial charge on any atom is 0.250 e. The first-order chi connectivity index (χ1) is 16.1. The molecule has 0 radical (unpaired) electrons. The Morgan fingerprint density at radius 3 is 2.59 bits per heavy atom. The molecule has 34 heavy (non-hydrogen) atoms. The lowest BCUT2D eigenvalue weighted by Gasteiger charge is -2.20. The van der Waals surface area contributed by atoms with Gasteiger partial charge in [-0.25, -0.2) is 4.98 Å².